The second kappa shape index (κ2) is 14.0. The summed E-state index contributed by atoms with van der Waals surface area (Å²) in [6.45, 7) is 6.95. The molecule has 0 saturated carbocycles. The van der Waals surface area contributed by atoms with Crippen LogP contribution in [0.3, 0.4) is 0 Å². The van der Waals surface area contributed by atoms with Gasteiger partial charge in [-0.2, -0.15) is 13.2 Å². The van der Waals surface area contributed by atoms with Crippen molar-refractivity contribution in [1.82, 2.24) is 14.9 Å². The van der Waals surface area contributed by atoms with E-state index in [0.717, 1.165) is 38.6 Å². The number of benzene rings is 3. The number of alkyl halides is 3. The lowest BCUT2D eigenvalue weighted by molar-refractivity contribution is -0.137. The first kappa shape index (κ1) is 35.0. The minimum absolute atomic E-state index is 0.00573. The van der Waals surface area contributed by atoms with Gasteiger partial charge in [-0.1, -0.05) is 19.9 Å². The Bertz CT molecular complexity index is 2170. The predicted molar refractivity (Wildman–Crippen MR) is 192 cm³/mol. The van der Waals surface area contributed by atoms with Crippen molar-refractivity contribution in [2.24, 2.45) is 0 Å². The number of thiophene rings is 1. The average Bonchev–Trinajstić information content (AvgIpc) is 3.49. The summed E-state index contributed by atoms with van der Waals surface area (Å²) in [4.78, 5) is 41.9. The third kappa shape index (κ3) is 7.05. The maximum atomic E-state index is 13.7. The molecule has 7 rings (SSSR count). The molecule has 0 spiro atoms. The monoisotopic (exact) mass is 732 g/mol. The molecule has 0 bridgehead atoms. The quantitative estimate of drug-likeness (QED) is 0.140. The number of ether oxygens (including phenoxy) is 1. The molecule has 1 saturated heterocycles. The van der Waals surface area contributed by atoms with Crippen LogP contribution in [0.1, 0.15) is 51.7 Å². The van der Waals surface area contributed by atoms with Crippen molar-refractivity contribution >= 4 is 50.7 Å². The Morgan fingerprint density at radius 3 is 2.37 bits per heavy atom. The predicted octanol–water partition coefficient (Wildman–Crippen LogP) is 7.59. The van der Waals surface area contributed by atoms with Gasteiger partial charge in [-0.3, -0.25) is 4.79 Å². The number of phenols is 2. The fourth-order valence-electron chi connectivity index (χ4n) is 6.45. The Hall–Kier alpha value is -5.41. The SMILES string of the molecule is CC(C)c1cc(C(=O)N2CCc3c(sc4nc(-c5ccc(NC(=O)Nc6cccc(C(F)(F)F)c6)cc5)nc(N5CCOCC5)c34)C2)c(O)cc1O. The van der Waals surface area contributed by atoms with E-state index in [4.69, 9.17) is 14.7 Å². The van der Waals surface area contributed by atoms with E-state index >= 15 is 0 Å². The lowest BCUT2D eigenvalue weighted by atomic mass is 9.97. The van der Waals surface area contributed by atoms with Crippen LogP contribution in [0.25, 0.3) is 21.6 Å². The van der Waals surface area contributed by atoms with Gasteiger partial charge in [0.25, 0.3) is 5.91 Å². The number of nitrogens with zero attached hydrogens (tertiary/aromatic N) is 4. The Morgan fingerprint density at radius 2 is 1.65 bits per heavy atom. The van der Waals surface area contributed by atoms with Crippen molar-refractivity contribution < 1.29 is 37.7 Å². The van der Waals surface area contributed by atoms with Gasteiger partial charge in [0.1, 0.15) is 22.1 Å². The summed E-state index contributed by atoms with van der Waals surface area (Å²) in [7, 11) is 0. The molecule has 0 radical (unpaired) electrons. The molecule has 270 valence electrons. The Morgan fingerprint density at radius 1 is 0.923 bits per heavy atom. The van der Waals surface area contributed by atoms with E-state index in [1.54, 1.807) is 35.2 Å². The summed E-state index contributed by atoms with van der Waals surface area (Å²) in [6, 6.07) is 13.3. The average molecular weight is 733 g/mol. The molecule has 0 atom stereocenters. The third-order valence-electron chi connectivity index (χ3n) is 9.13. The normalized spacial score (nSPS) is 14.8. The van der Waals surface area contributed by atoms with Crippen LogP contribution in [0, 0.1) is 0 Å². The number of phenolic OH excluding ortho intramolecular Hbond substituents is 2. The summed E-state index contributed by atoms with van der Waals surface area (Å²) < 4.78 is 44.9. The second-order valence-corrected chi connectivity index (χ2v) is 14.0. The second-order valence-electron chi connectivity index (χ2n) is 12.9. The molecular weight excluding hydrogens is 698 g/mol. The number of halogens is 3. The molecule has 4 heterocycles. The van der Waals surface area contributed by atoms with E-state index in [1.165, 1.54) is 29.5 Å². The van der Waals surface area contributed by atoms with Crippen molar-refractivity contribution in [3.63, 3.8) is 0 Å². The third-order valence-corrected chi connectivity index (χ3v) is 10.2. The molecular formula is C37H35F3N6O5S. The van der Waals surface area contributed by atoms with Crippen molar-refractivity contribution in [2.75, 3.05) is 48.4 Å². The molecule has 0 aliphatic carbocycles. The molecule has 11 nitrogen and oxygen atoms in total. The molecule has 52 heavy (non-hydrogen) atoms. The maximum Gasteiger partial charge on any atom is 0.416 e. The van der Waals surface area contributed by atoms with Crippen LogP contribution in [0.2, 0.25) is 0 Å². The molecule has 2 aromatic heterocycles. The van der Waals surface area contributed by atoms with Gasteiger partial charge in [-0.05, 0) is 72.0 Å². The number of hydrogen-bond acceptors (Lipinski definition) is 9. The summed E-state index contributed by atoms with van der Waals surface area (Å²) >= 11 is 1.49. The molecule has 0 unspecified atom stereocenters. The molecule has 2 aliphatic heterocycles. The van der Waals surface area contributed by atoms with E-state index in [9.17, 15) is 33.0 Å². The zero-order chi connectivity index (χ0) is 36.7. The standard InChI is InChI=1S/C37H35F3N6O5S/c1-20(2)26-17-27(29(48)18-28(26)47)35(49)46-11-10-25-30(19-46)52-34-31(25)33(45-12-14-51-15-13-45)43-32(44-34)21-6-8-23(9-7-21)41-36(50)42-24-5-3-4-22(16-24)37(38,39)40/h3-9,16-18,20,47-48H,10-15,19H2,1-2H3,(H2,41,42,50). The zero-order valence-electron chi connectivity index (χ0n) is 28.3. The smallest absolute Gasteiger partial charge is 0.416 e. The molecule has 2 aliphatic rings. The highest BCUT2D eigenvalue weighted by Crippen LogP contribution is 2.41. The number of rotatable bonds is 6. The number of morpholine rings is 1. The first-order valence-electron chi connectivity index (χ1n) is 16.7. The first-order valence-corrected chi connectivity index (χ1v) is 17.5. The summed E-state index contributed by atoms with van der Waals surface area (Å²) in [6.07, 6.45) is -3.96. The molecule has 3 amide bonds. The van der Waals surface area contributed by atoms with Crippen molar-refractivity contribution in [3.8, 4) is 22.9 Å². The molecule has 5 aromatic rings. The zero-order valence-corrected chi connectivity index (χ0v) is 29.1. The molecule has 1 fully saturated rings. The van der Waals surface area contributed by atoms with E-state index in [-0.39, 0.29) is 34.6 Å². The van der Waals surface area contributed by atoms with Crippen LogP contribution >= 0.6 is 11.3 Å². The topological polar surface area (TPSA) is 140 Å². The van der Waals surface area contributed by atoms with Crippen LogP contribution < -0.4 is 15.5 Å². The van der Waals surface area contributed by atoms with Gasteiger partial charge in [-0.15, -0.1) is 11.3 Å². The number of aromatic hydroxyl groups is 2. The van der Waals surface area contributed by atoms with Gasteiger partial charge in [0, 0.05) is 47.5 Å². The highest BCUT2D eigenvalue weighted by atomic mass is 32.1. The van der Waals surface area contributed by atoms with Crippen LogP contribution in [-0.4, -0.2) is 69.9 Å². The minimum atomic E-state index is -4.53. The number of amides is 3. The first-order chi connectivity index (χ1) is 24.9. The van der Waals surface area contributed by atoms with E-state index in [0.29, 0.717) is 68.5 Å². The van der Waals surface area contributed by atoms with Gasteiger partial charge in [-0.25, -0.2) is 14.8 Å². The number of nitrogens with one attached hydrogen (secondary N) is 2. The number of hydrogen-bond donors (Lipinski definition) is 4. The van der Waals surface area contributed by atoms with Crippen LogP contribution in [-0.2, 0) is 23.9 Å². The fraction of sp³-hybridized carbons (Fsp3) is 0.297. The molecule has 4 N–H and O–H groups in total. The lowest BCUT2D eigenvalue weighted by Crippen LogP contribution is -2.37. The van der Waals surface area contributed by atoms with Crippen LogP contribution in [0.15, 0.2) is 60.7 Å². The van der Waals surface area contributed by atoms with E-state index < -0.39 is 17.8 Å². The van der Waals surface area contributed by atoms with Gasteiger partial charge in [0.05, 0.1) is 36.3 Å². The molecule has 15 heteroatoms. The Labute approximate surface area is 300 Å². The van der Waals surface area contributed by atoms with Crippen molar-refractivity contribution in [2.45, 2.75) is 38.9 Å². The number of aromatic nitrogens is 2. The summed E-state index contributed by atoms with van der Waals surface area (Å²) in [5.74, 6) is 0.567. The Kier molecular flexibility index (Phi) is 9.40. The van der Waals surface area contributed by atoms with Crippen LogP contribution in [0.5, 0.6) is 11.5 Å². The number of anilines is 3. The largest absolute Gasteiger partial charge is 0.508 e. The van der Waals surface area contributed by atoms with Crippen molar-refractivity contribution in [1.29, 1.82) is 0 Å². The lowest BCUT2D eigenvalue weighted by Gasteiger charge is -2.30. The van der Waals surface area contributed by atoms with Crippen LogP contribution in [0.4, 0.5) is 35.2 Å². The number of fused-ring (bicyclic) bond motifs is 3. The number of urea groups is 1. The summed E-state index contributed by atoms with van der Waals surface area (Å²) in [5.41, 5.74) is 2.06. The van der Waals surface area contributed by atoms with Crippen molar-refractivity contribution in [3.05, 3.63) is 87.8 Å². The highest BCUT2D eigenvalue weighted by molar-refractivity contribution is 7.19. The van der Waals surface area contributed by atoms with Gasteiger partial charge in [0.15, 0.2) is 5.82 Å². The minimum Gasteiger partial charge on any atom is -0.508 e. The number of carbonyl (C=O) groups is 2. The van der Waals surface area contributed by atoms with Gasteiger partial charge >= 0.3 is 12.2 Å². The fourth-order valence-corrected chi connectivity index (χ4v) is 7.68. The molecule has 3 aromatic carbocycles. The number of carbonyl (C=O) groups excluding carboxylic acids is 2. The van der Waals surface area contributed by atoms with E-state index in [2.05, 4.69) is 15.5 Å². The van der Waals surface area contributed by atoms with Gasteiger partial charge in [0.2, 0.25) is 0 Å². The summed E-state index contributed by atoms with van der Waals surface area (Å²) in [5, 5.41) is 26.9. The Balaban J connectivity index is 1.15. The van der Waals surface area contributed by atoms with E-state index in [1.807, 2.05) is 13.8 Å². The maximum absolute atomic E-state index is 13.7. The van der Waals surface area contributed by atoms with Gasteiger partial charge < -0.3 is 35.4 Å². The highest BCUT2D eigenvalue weighted by Gasteiger charge is 2.32.